The van der Waals surface area contributed by atoms with Crippen molar-refractivity contribution in [3.05, 3.63) is 0 Å². The zero-order valence-corrected chi connectivity index (χ0v) is 25.9. The van der Waals surface area contributed by atoms with Gasteiger partial charge in [0.05, 0.1) is 27.7 Å². The first-order chi connectivity index (χ1) is 17.6. The highest BCUT2D eigenvalue weighted by molar-refractivity contribution is 7.47. The summed E-state index contributed by atoms with van der Waals surface area (Å²) in [7, 11) is 1.77. The number of ether oxygens (including phenoxy) is 1. The number of unbranched alkanes of at least 4 members (excludes halogenated alkanes) is 15. The molecule has 1 N–H and O–H groups in total. The van der Waals surface area contributed by atoms with Crippen molar-refractivity contribution < 1.29 is 32.5 Å². The molecule has 0 amide bonds. The minimum Gasteiger partial charge on any atom is -0.460 e. The molecule has 0 aliphatic carbocycles. The van der Waals surface area contributed by atoms with E-state index in [-0.39, 0.29) is 19.2 Å². The predicted molar refractivity (Wildman–Crippen MR) is 154 cm³/mol. The van der Waals surface area contributed by atoms with Crippen LogP contribution in [0.5, 0.6) is 0 Å². The van der Waals surface area contributed by atoms with Crippen LogP contribution in [0.1, 0.15) is 136 Å². The smallest absolute Gasteiger partial charge is 0.460 e. The summed E-state index contributed by atoms with van der Waals surface area (Å²) in [6.07, 6.45) is 22.0. The molecule has 0 aromatic carbocycles. The third-order valence-corrected chi connectivity index (χ3v) is 7.56. The Hall–Kier alpha value is -0.460. The number of carbonyl (C=O) groups excluding carboxylic acids is 1. The van der Waals surface area contributed by atoms with Gasteiger partial charge in [-0.05, 0) is 19.3 Å². The average Bonchev–Trinajstić information content (AvgIpc) is 2.81. The van der Waals surface area contributed by atoms with E-state index >= 15 is 0 Å². The Kier molecular flexibility index (Phi) is 23.1. The molecule has 8 heteroatoms. The molecule has 0 rings (SSSR count). The molecule has 0 radical (unpaired) electrons. The van der Waals surface area contributed by atoms with Crippen molar-refractivity contribution in [1.29, 1.82) is 0 Å². The molecule has 0 aromatic rings. The number of phosphoric ester groups is 1. The lowest BCUT2D eigenvalue weighted by Crippen LogP contribution is -2.37. The molecule has 37 heavy (non-hydrogen) atoms. The molecule has 0 saturated heterocycles. The number of carbonyl (C=O) groups is 1. The maximum Gasteiger partial charge on any atom is 0.472 e. The molecule has 0 heterocycles. The van der Waals surface area contributed by atoms with E-state index in [1.54, 1.807) is 0 Å². The Morgan fingerprint density at radius 2 is 1.19 bits per heavy atom. The molecule has 0 fully saturated rings. The van der Waals surface area contributed by atoms with Gasteiger partial charge < -0.3 is 14.1 Å². The van der Waals surface area contributed by atoms with Crippen LogP contribution in [-0.2, 0) is 23.1 Å². The van der Waals surface area contributed by atoms with E-state index in [1.807, 2.05) is 28.1 Å². The Bertz CT molecular complexity index is 581. The highest BCUT2D eigenvalue weighted by Crippen LogP contribution is 2.43. The standard InChI is InChI=1S/C29H60NO6P/c1-6-8-9-10-11-12-13-14-15-16-17-18-19-20-21-22-24-28(36-29(31)23-7-2)27-35-37(32,33)34-26-25-30(3,4)5/h28H,6-27H2,1-5H3/p+1. The molecular formula is C29H61NO6P+. The second kappa shape index (κ2) is 23.4. The fraction of sp³-hybridized carbons (Fsp3) is 0.966. The van der Waals surface area contributed by atoms with Gasteiger partial charge in [-0.25, -0.2) is 4.57 Å². The van der Waals surface area contributed by atoms with Crippen molar-refractivity contribution in [2.75, 3.05) is 40.9 Å². The summed E-state index contributed by atoms with van der Waals surface area (Å²) >= 11 is 0. The third kappa shape index (κ3) is 26.9. The normalized spacial score (nSPS) is 14.4. The minimum absolute atomic E-state index is 0.119. The van der Waals surface area contributed by atoms with Crippen LogP contribution in [0.25, 0.3) is 0 Å². The van der Waals surface area contributed by atoms with E-state index in [9.17, 15) is 14.3 Å². The summed E-state index contributed by atoms with van der Waals surface area (Å²) < 4.78 is 28.6. The number of likely N-dealkylation sites (N-methyl/N-ethyl adjacent to an activating group) is 1. The van der Waals surface area contributed by atoms with Gasteiger partial charge in [-0.2, -0.15) is 0 Å². The molecule has 0 bridgehead atoms. The van der Waals surface area contributed by atoms with Gasteiger partial charge in [0.15, 0.2) is 0 Å². The van der Waals surface area contributed by atoms with Crippen molar-refractivity contribution in [2.24, 2.45) is 0 Å². The summed E-state index contributed by atoms with van der Waals surface area (Å²) in [6, 6.07) is 0. The third-order valence-electron chi connectivity index (χ3n) is 6.57. The van der Waals surface area contributed by atoms with Crippen molar-refractivity contribution in [3.8, 4) is 0 Å². The zero-order valence-electron chi connectivity index (χ0n) is 25.0. The van der Waals surface area contributed by atoms with Gasteiger partial charge in [0.1, 0.15) is 19.3 Å². The highest BCUT2D eigenvalue weighted by atomic mass is 31.2. The quantitative estimate of drug-likeness (QED) is 0.0480. The Labute approximate surface area is 229 Å². The number of esters is 1. The first-order valence-corrected chi connectivity index (χ1v) is 16.7. The second-order valence-corrected chi connectivity index (χ2v) is 13.0. The van der Waals surface area contributed by atoms with Crippen LogP contribution in [-0.4, -0.2) is 62.4 Å². The fourth-order valence-corrected chi connectivity index (χ4v) is 4.93. The van der Waals surface area contributed by atoms with Gasteiger partial charge in [0.2, 0.25) is 0 Å². The number of quaternary nitrogens is 1. The molecular weight excluding hydrogens is 489 g/mol. The summed E-state index contributed by atoms with van der Waals surface area (Å²) in [5.74, 6) is -0.286. The molecule has 2 unspecified atom stereocenters. The minimum atomic E-state index is -4.17. The van der Waals surface area contributed by atoms with Gasteiger partial charge in [-0.15, -0.1) is 0 Å². The Balaban J connectivity index is 3.96. The zero-order chi connectivity index (χ0) is 27.8. The number of hydrogen-bond acceptors (Lipinski definition) is 5. The second-order valence-electron chi connectivity index (χ2n) is 11.6. The van der Waals surface area contributed by atoms with Crippen molar-refractivity contribution in [1.82, 2.24) is 0 Å². The topological polar surface area (TPSA) is 82.1 Å². The highest BCUT2D eigenvalue weighted by Gasteiger charge is 2.25. The summed E-state index contributed by atoms with van der Waals surface area (Å²) in [6.45, 7) is 4.78. The average molecular weight is 551 g/mol. The van der Waals surface area contributed by atoms with E-state index in [0.717, 1.165) is 12.8 Å². The predicted octanol–water partition coefficient (Wildman–Crippen LogP) is 8.19. The van der Waals surface area contributed by atoms with E-state index in [4.69, 9.17) is 13.8 Å². The lowest BCUT2D eigenvalue weighted by Gasteiger charge is -2.24. The number of nitrogens with zero attached hydrogens (tertiary/aromatic N) is 1. The van der Waals surface area contributed by atoms with Crippen molar-refractivity contribution >= 4 is 13.8 Å². The summed E-state index contributed by atoms with van der Waals surface area (Å²) in [4.78, 5) is 22.0. The van der Waals surface area contributed by atoms with Crippen molar-refractivity contribution in [3.63, 3.8) is 0 Å². The number of hydrogen-bond donors (Lipinski definition) is 1. The molecule has 2 atom stereocenters. The van der Waals surface area contributed by atoms with Gasteiger partial charge >= 0.3 is 13.8 Å². The first-order valence-electron chi connectivity index (χ1n) is 15.2. The molecule has 7 nitrogen and oxygen atoms in total. The van der Waals surface area contributed by atoms with E-state index in [2.05, 4.69) is 6.92 Å². The van der Waals surface area contributed by atoms with E-state index < -0.39 is 13.9 Å². The maximum atomic E-state index is 12.2. The fourth-order valence-electron chi connectivity index (χ4n) is 4.19. The van der Waals surface area contributed by atoms with Crippen LogP contribution in [0.4, 0.5) is 0 Å². The first kappa shape index (κ1) is 36.5. The van der Waals surface area contributed by atoms with E-state index in [1.165, 1.54) is 89.9 Å². The van der Waals surface area contributed by atoms with Crippen LogP contribution in [0.15, 0.2) is 0 Å². The van der Waals surface area contributed by atoms with Crippen LogP contribution >= 0.6 is 7.82 Å². The Morgan fingerprint density at radius 3 is 1.62 bits per heavy atom. The SMILES string of the molecule is CCCCCCCCCCCCCCCCCCC(COP(=O)(O)OCC[N+](C)(C)C)OC(=O)CCC. The van der Waals surface area contributed by atoms with Crippen LogP contribution < -0.4 is 0 Å². The largest absolute Gasteiger partial charge is 0.472 e. The van der Waals surface area contributed by atoms with Gasteiger partial charge in [-0.1, -0.05) is 110 Å². The van der Waals surface area contributed by atoms with Crippen LogP contribution in [0.2, 0.25) is 0 Å². The molecule has 0 spiro atoms. The summed E-state index contributed by atoms with van der Waals surface area (Å²) in [5.41, 5.74) is 0. The van der Waals surface area contributed by atoms with Gasteiger partial charge in [0, 0.05) is 6.42 Å². The van der Waals surface area contributed by atoms with E-state index in [0.29, 0.717) is 30.3 Å². The molecule has 222 valence electrons. The molecule has 0 saturated carbocycles. The summed E-state index contributed by atoms with van der Waals surface area (Å²) in [5, 5.41) is 0. The van der Waals surface area contributed by atoms with Gasteiger partial charge in [-0.3, -0.25) is 13.8 Å². The number of phosphoric acid groups is 1. The lowest BCUT2D eigenvalue weighted by atomic mass is 10.0. The molecule has 0 aromatic heterocycles. The van der Waals surface area contributed by atoms with Gasteiger partial charge in [0.25, 0.3) is 0 Å². The molecule has 0 aliphatic heterocycles. The monoisotopic (exact) mass is 550 g/mol. The number of rotatable bonds is 27. The lowest BCUT2D eigenvalue weighted by molar-refractivity contribution is -0.870. The Morgan fingerprint density at radius 1 is 0.730 bits per heavy atom. The van der Waals surface area contributed by atoms with Crippen LogP contribution in [0, 0.1) is 0 Å². The van der Waals surface area contributed by atoms with Crippen molar-refractivity contribution in [2.45, 2.75) is 142 Å². The van der Waals surface area contributed by atoms with Crippen LogP contribution in [0.3, 0.4) is 0 Å². The molecule has 0 aliphatic rings. The maximum absolute atomic E-state index is 12.2.